The second-order valence-corrected chi connectivity index (χ2v) is 3.39. The van der Waals surface area contributed by atoms with Crippen LogP contribution in [-0.2, 0) is 16.0 Å². The van der Waals surface area contributed by atoms with E-state index in [4.69, 9.17) is 9.47 Å². The molecule has 0 aliphatic carbocycles. The highest BCUT2D eigenvalue weighted by Gasteiger charge is 2.22. The number of benzene rings is 1. The highest BCUT2D eigenvalue weighted by molar-refractivity contribution is 5.95. The van der Waals surface area contributed by atoms with E-state index in [1.165, 1.54) is 27.4 Å². The molecule has 1 aromatic rings. The molecule has 0 aliphatic heterocycles. The van der Waals surface area contributed by atoms with E-state index in [2.05, 4.69) is 4.74 Å². The Balaban J connectivity index is 3.34. The fourth-order valence-electron chi connectivity index (χ4n) is 1.58. The van der Waals surface area contributed by atoms with Crippen molar-refractivity contribution >= 4 is 11.9 Å². The molecular weight excluding hydrogens is 240 g/mol. The number of rotatable bonds is 5. The lowest BCUT2D eigenvalue weighted by Crippen LogP contribution is -2.12. The van der Waals surface area contributed by atoms with Gasteiger partial charge in [-0.1, -0.05) is 6.07 Å². The summed E-state index contributed by atoms with van der Waals surface area (Å²) in [6, 6.07) is 3.05. The van der Waals surface area contributed by atoms with Gasteiger partial charge in [0.1, 0.15) is 5.56 Å². The number of methoxy groups -OCH3 is 3. The Labute approximate surface area is 104 Å². The minimum absolute atomic E-state index is 0.0893. The lowest BCUT2D eigenvalue weighted by molar-refractivity contribution is -0.139. The topological polar surface area (TPSA) is 82.1 Å². The number of hydrogen-bond acceptors (Lipinski definition) is 5. The number of ether oxygens (including phenoxy) is 3. The largest absolute Gasteiger partial charge is 0.493 e. The van der Waals surface area contributed by atoms with Gasteiger partial charge in [0.05, 0.1) is 27.8 Å². The first-order chi connectivity index (χ1) is 8.54. The first kappa shape index (κ1) is 13.8. The molecule has 0 amide bonds. The van der Waals surface area contributed by atoms with Crippen molar-refractivity contribution in [1.29, 1.82) is 0 Å². The van der Waals surface area contributed by atoms with E-state index in [-0.39, 0.29) is 17.7 Å². The number of carboxylic acids is 1. The zero-order valence-electron chi connectivity index (χ0n) is 10.4. The summed E-state index contributed by atoms with van der Waals surface area (Å²) in [5.74, 6) is -1.33. The monoisotopic (exact) mass is 254 g/mol. The van der Waals surface area contributed by atoms with Crippen LogP contribution in [0.25, 0.3) is 0 Å². The van der Waals surface area contributed by atoms with Crippen LogP contribution in [-0.4, -0.2) is 38.4 Å². The van der Waals surface area contributed by atoms with E-state index in [9.17, 15) is 14.7 Å². The summed E-state index contributed by atoms with van der Waals surface area (Å²) < 4.78 is 14.6. The van der Waals surface area contributed by atoms with Crippen LogP contribution in [0.2, 0.25) is 0 Å². The Hall–Kier alpha value is -2.24. The van der Waals surface area contributed by atoms with Gasteiger partial charge in [-0.15, -0.1) is 0 Å². The van der Waals surface area contributed by atoms with Crippen molar-refractivity contribution in [3.63, 3.8) is 0 Å². The SMILES string of the molecule is COC(=O)Cc1ccc(OC)c(OC)c1C(=O)O. The van der Waals surface area contributed by atoms with Crippen LogP contribution in [0.1, 0.15) is 15.9 Å². The summed E-state index contributed by atoms with van der Waals surface area (Å²) in [7, 11) is 3.99. The van der Waals surface area contributed by atoms with Crippen molar-refractivity contribution in [2.24, 2.45) is 0 Å². The predicted octanol–water partition coefficient (Wildman–Crippen LogP) is 1.12. The van der Waals surface area contributed by atoms with E-state index < -0.39 is 11.9 Å². The van der Waals surface area contributed by atoms with Crippen LogP contribution in [0.5, 0.6) is 11.5 Å². The van der Waals surface area contributed by atoms with E-state index in [1.54, 1.807) is 6.07 Å². The lowest BCUT2D eigenvalue weighted by Gasteiger charge is -2.13. The Bertz CT molecular complexity index is 466. The number of hydrogen-bond donors (Lipinski definition) is 1. The second-order valence-electron chi connectivity index (χ2n) is 3.39. The zero-order valence-corrected chi connectivity index (χ0v) is 10.4. The molecule has 0 bridgehead atoms. The van der Waals surface area contributed by atoms with Gasteiger partial charge in [0, 0.05) is 0 Å². The maximum atomic E-state index is 11.3. The predicted molar refractivity (Wildman–Crippen MR) is 62.2 cm³/mol. The number of aromatic carboxylic acids is 1. The fraction of sp³-hybridized carbons (Fsp3) is 0.333. The highest BCUT2D eigenvalue weighted by Crippen LogP contribution is 2.33. The molecule has 0 unspecified atom stereocenters. The maximum Gasteiger partial charge on any atom is 0.339 e. The van der Waals surface area contributed by atoms with Crippen molar-refractivity contribution in [1.82, 2.24) is 0 Å². The molecule has 0 heterocycles. The fourth-order valence-corrected chi connectivity index (χ4v) is 1.58. The minimum Gasteiger partial charge on any atom is -0.493 e. The molecule has 0 aromatic heterocycles. The molecule has 0 atom stereocenters. The highest BCUT2D eigenvalue weighted by atomic mass is 16.5. The van der Waals surface area contributed by atoms with E-state index in [0.29, 0.717) is 11.3 Å². The third-order valence-corrected chi connectivity index (χ3v) is 2.41. The average molecular weight is 254 g/mol. The Morgan fingerprint density at radius 3 is 2.28 bits per heavy atom. The van der Waals surface area contributed by atoms with Crippen LogP contribution in [0.4, 0.5) is 0 Å². The molecule has 0 spiro atoms. The van der Waals surface area contributed by atoms with Crippen molar-refractivity contribution in [2.75, 3.05) is 21.3 Å². The van der Waals surface area contributed by atoms with Gasteiger partial charge in [0.15, 0.2) is 11.5 Å². The molecular formula is C12H14O6. The molecule has 0 saturated heterocycles. The van der Waals surface area contributed by atoms with Gasteiger partial charge in [-0.25, -0.2) is 4.79 Å². The third kappa shape index (κ3) is 2.71. The van der Waals surface area contributed by atoms with Gasteiger partial charge in [-0.3, -0.25) is 4.79 Å². The van der Waals surface area contributed by atoms with Gasteiger partial charge in [0.2, 0.25) is 0 Å². The second kappa shape index (κ2) is 5.90. The van der Waals surface area contributed by atoms with Crippen molar-refractivity contribution < 1.29 is 28.9 Å². The van der Waals surface area contributed by atoms with Crippen molar-refractivity contribution in [2.45, 2.75) is 6.42 Å². The molecule has 98 valence electrons. The van der Waals surface area contributed by atoms with E-state index in [0.717, 1.165) is 0 Å². The molecule has 0 aliphatic rings. The minimum atomic E-state index is -1.19. The van der Waals surface area contributed by atoms with Crippen molar-refractivity contribution in [3.8, 4) is 11.5 Å². The summed E-state index contributed by atoms with van der Waals surface area (Å²) in [6.07, 6.45) is -0.140. The van der Waals surface area contributed by atoms with Gasteiger partial charge in [-0.05, 0) is 11.6 Å². The molecule has 18 heavy (non-hydrogen) atoms. The molecule has 1 aromatic carbocycles. The number of carboxylic acid groups (broad SMARTS) is 1. The standard InChI is InChI=1S/C12H14O6/c1-16-8-5-4-7(6-9(13)17-2)10(12(14)15)11(8)18-3/h4-5H,6H2,1-3H3,(H,14,15). The quantitative estimate of drug-likeness (QED) is 0.793. The van der Waals surface area contributed by atoms with E-state index in [1.807, 2.05) is 0 Å². The van der Waals surface area contributed by atoms with Crippen molar-refractivity contribution in [3.05, 3.63) is 23.3 Å². The molecule has 0 radical (unpaired) electrons. The van der Waals surface area contributed by atoms with Gasteiger partial charge < -0.3 is 19.3 Å². The molecule has 6 heteroatoms. The summed E-state index contributed by atoms with van der Waals surface area (Å²) in [4.78, 5) is 22.5. The molecule has 1 N–H and O–H groups in total. The van der Waals surface area contributed by atoms with Crippen LogP contribution in [0.15, 0.2) is 12.1 Å². The maximum absolute atomic E-state index is 11.3. The van der Waals surface area contributed by atoms with Crippen LogP contribution in [0.3, 0.4) is 0 Å². The molecule has 6 nitrogen and oxygen atoms in total. The lowest BCUT2D eigenvalue weighted by atomic mass is 10.0. The molecule has 1 rings (SSSR count). The Kier molecular flexibility index (Phi) is 4.53. The van der Waals surface area contributed by atoms with Gasteiger partial charge in [-0.2, -0.15) is 0 Å². The van der Waals surface area contributed by atoms with E-state index >= 15 is 0 Å². The van der Waals surface area contributed by atoms with Crippen LogP contribution < -0.4 is 9.47 Å². The zero-order chi connectivity index (χ0) is 13.7. The molecule has 0 fully saturated rings. The first-order valence-electron chi connectivity index (χ1n) is 5.09. The Morgan fingerprint density at radius 2 is 1.83 bits per heavy atom. The van der Waals surface area contributed by atoms with Gasteiger partial charge in [0.25, 0.3) is 0 Å². The third-order valence-electron chi connectivity index (χ3n) is 2.41. The van der Waals surface area contributed by atoms with Gasteiger partial charge >= 0.3 is 11.9 Å². The summed E-state index contributed by atoms with van der Waals surface area (Å²) >= 11 is 0. The Morgan fingerprint density at radius 1 is 1.17 bits per heavy atom. The number of carbonyl (C=O) groups excluding carboxylic acids is 1. The first-order valence-corrected chi connectivity index (χ1v) is 5.09. The van der Waals surface area contributed by atoms with Crippen LogP contribution >= 0.6 is 0 Å². The molecule has 0 saturated carbocycles. The normalized spacial score (nSPS) is 9.72. The van der Waals surface area contributed by atoms with Crippen LogP contribution in [0, 0.1) is 0 Å². The average Bonchev–Trinajstić information content (AvgIpc) is 2.37. The number of esters is 1. The smallest absolute Gasteiger partial charge is 0.339 e. The summed E-state index contributed by atoms with van der Waals surface area (Å²) in [5.41, 5.74) is 0.217. The number of carbonyl (C=O) groups is 2. The summed E-state index contributed by atoms with van der Waals surface area (Å²) in [5, 5.41) is 9.20. The summed E-state index contributed by atoms with van der Waals surface area (Å²) in [6.45, 7) is 0.